The Balaban J connectivity index is 1.41. The average Bonchev–Trinajstić information content (AvgIpc) is 3.06. The third kappa shape index (κ3) is 3.65. The van der Waals surface area contributed by atoms with E-state index in [0.29, 0.717) is 0 Å². The summed E-state index contributed by atoms with van der Waals surface area (Å²) in [5.41, 5.74) is 5.88. The molecule has 0 aliphatic carbocycles. The van der Waals surface area contributed by atoms with Gasteiger partial charge in [-0.1, -0.05) is 35.6 Å². The van der Waals surface area contributed by atoms with Gasteiger partial charge in [0.2, 0.25) is 0 Å². The molecule has 0 unspecified atom stereocenters. The summed E-state index contributed by atoms with van der Waals surface area (Å²) < 4.78 is 0. The molecule has 0 amide bonds. The molecule has 2 aromatic heterocycles. The predicted molar refractivity (Wildman–Crippen MR) is 102 cm³/mol. The van der Waals surface area contributed by atoms with Crippen LogP contribution in [0.4, 0.5) is 0 Å². The molecule has 1 N–H and O–H groups in total. The SMILES string of the molecule is Cc1ccc(C#CC2=CCN(Cc3c[nH]c4ncccc34)CC2)cc1. The van der Waals surface area contributed by atoms with Gasteiger partial charge in [0.25, 0.3) is 0 Å². The molecular weight excluding hydrogens is 306 g/mol. The number of aromatic amines is 1. The van der Waals surface area contributed by atoms with E-state index in [4.69, 9.17) is 0 Å². The number of hydrogen-bond acceptors (Lipinski definition) is 2. The number of aryl methyl sites for hydroxylation is 1. The molecule has 0 atom stereocenters. The fourth-order valence-corrected chi connectivity index (χ4v) is 3.14. The molecule has 1 aliphatic rings. The lowest BCUT2D eigenvalue weighted by molar-refractivity contribution is 0.289. The zero-order valence-electron chi connectivity index (χ0n) is 14.4. The van der Waals surface area contributed by atoms with Gasteiger partial charge < -0.3 is 4.98 Å². The Labute approximate surface area is 148 Å². The maximum Gasteiger partial charge on any atom is 0.137 e. The maximum absolute atomic E-state index is 4.36. The third-order valence-corrected chi connectivity index (χ3v) is 4.64. The average molecular weight is 327 g/mol. The summed E-state index contributed by atoms with van der Waals surface area (Å²) >= 11 is 0. The van der Waals surface area contributed by atoms with Crippen molar-refractivity contribution in [3.63, 3.8) is 0 Å². The van der Waals surface area contributed by atoms with Gasteiger partial charge in [-0.15, -0.1) is 0 Å². The van der Waals surface area contributed by atoms with Gasteiger partial charge in [0.1, 0.15) is 5.65 Å². The van der Waals surface area contributed by atoms with Crippen LogP contribution in [-0.4, -0.2) is 28.0 Å². The Hall–Kier alpha value is -2.83. The van der Waals surface area contributed by atoms with Gasteiger partial charge in [-0.3, -0.25) is 4.90 Å². The highest BCUT2D eigenvalue weighted by atomic mass is 15.1. The van der Waals surface area contributed by atoms with E-state index in [2.05, 4.69) is 76.2 Å². The molecule has 0 fully saturated rings. The standard InChI is InChI=1S/C22H21N3/c1-17-4-6-18(7-5-17)8-9-19-10-13-25(14-11-19)16-20-15-24-22-21(20)3-2-12-23-22/h2-7,10,12,15H,11,13-14,16H2,1H3,(H,23,24). The van der Waals surface area contributed by atoms with Crippen molar-refractivity contribution in [3.8, 4) is 11.8 Å². The molecule has 124 valence electrons. The van der Waals surface area contributed by atoms with Crippen molar-refractivity contribution < 1.29 is 0 Å². The monoisotopic (exact) mass is 327 g/mol. The van der Waals surface area contributed by atoms with Crippen LogP contribution < -0.4 is 0 Å². The Kier molecular flexibility index (Phi) is 4.37. The number of hydrogen-bond donors (Lipinski definition) is 1. The normalized spacial score (nSPS) is 14.8. The second-order valence-corrected chi connectivity index (χ2v) is 6.54. The molecule has 0 saturated heterocycles. The first kappa shape index (κ1) is 15.7. The van der Waals surface area contributed by atoms with Gasteiger partial charge in [-0.2, -0.15) is 0 Å². The van der Waals surface area contributed by atoms with Gasteiger partial charge in [0, 0.05) is 48.6 Å². The van der Waals surface area contributed by atoms with E-state index in [0.717, 1.165) is 37.3 Å². The highest BCUT2D eigenvalue weighted by Crippen LogP contribution is 2.19. The number of fused-ring (bicyclic) bond motifs is 1. The van der Waals surface area contributed by atoms with Crippen LogP contribution in [0.25, 0.3) is 11.0 Å². The van der Waals surface area contributed by atoms with Gasteiger partial charge >= 0.3 is 0 Å². The van der Waals surface area contributed by atoms with Crippen molar-refractivity contribution in [3.05, 3.63) is 77.1 Å². The Morgan fingerprint density at radius 2 is 2.04 bits per heavy atom. The minimum Gasteiger partial charge on any atom is -0.346 e. The molecule has 1 aromatic carbocycles. The van der Waals surface area contributed by atoms with Crippen LogP contribution in [0, 0.1) is 18.8 Å². The molecule has 0 bridgehead atoms. The smallest absolute Gasteiger partial charge is 0.137 e. The quantitative estimate of drug-likeness (QED) is 0.720. The van der Waals surface area contributed by atoms with Crippen molar-refractivity contribution in [2.45, 2.75) is 19.9 Å². The van der Waals surface area contributed by atoms with Gasteiger partial charge in [-0.05, 0) is 43.2 Å². The van der Waals surface area contributed by atoms with Gasteiger partial charge in [0.15, 0.2) is 0 Å². The van der Waals surface area contributed by atoms with Gasteiger partial charge in [0.05, 0.1) is 0 Å². The third-order valence-electron chi connectivity index (χ3n) is 4.64. The summed E-state index contributed by atoms with van der Waals surface area (Å²) in [7, 11) is 0. The minimum atomic E-state index is 0.945. The lowest BCUT2D eigenvalue weighted by Gasteiger charge is -2.24. The van der Waals surface area contributed by atoms with Crippen LogP contribution in [0.3, 0.4) is 0 Å². The van der Waals surface area contributed by atoms with Crippen LogP contribution in [-0.2, 0) is 6.54 Å². The van der Waals surface area contributed by atoms with E-state index in [1.54, 1.807) is 0 Å². The van der Waals surface area contributed by atoms with Crippen molar-refractivity contribution in [1.82, 2.24) is 14.9 Å². The lowest BCUT2D eigenvalue weighted by Crippen LogP contribution is -2.28. The second-order valence-electron chi connectivity index (χ2n) is 6.54. The molecule has 0 saturated carbocycles. The number of H-pyrrole nitrogens is 1. The van der Waals surface area contributed by atoms with E-state index in [1.807, 2.05) is 12.3 Å². The molecule has 3 nitrogen and oxygen atoms in total. The molecule has 4 rings (SSSR count). The van der Waals surface area contributed by atoms with Crippen molar-refractivity contribution in [1.29, 1.82) is 0 Å². The molecule has 3 heterocycles. The van der Waals surface area contributed by atoms with E-state index >= 15 is 0 Å². The van der Waals surface area contributed by atoms with E-state index in [9.17, 15) is 0 Å². The fraction of sp³-hybridized carbons (Fsp3) is 0.227. The van der Waals surface area contributed by atoms with Crippen LogP contribution in [0.2, 0.25) is 0 Å². The summed E-state index contributed by atoms with van der Waals surface area (Å²) in [6, 6.07) is 12.5. The van der Waals surface area contributed by atoms with Crippen LogP contribution in [0.15, 0.2) is 60.4 Å². The highest BCUT2D eigenvalue weighted by Gasteiger charge is 2.13. The van der Waals surface area contributed by atoms with Crippen molar-refractivity contribution in [2.24, 2.45) is 0 Å². The summed E-state index contributed by atoms with van der Waals surface area (Å²) in [4.78, 5) is 10.1. The summed E-state index contributed by atoms with van der Waals surface area (Å²) in [6.07, 6.45) is 7.18. The van der Waals surface area contributed by atoms with Crippen LogP contribution in [0.5, 0.6) is 0 Å². The molecule has 1 aliphatic heterocycles. The molecule has 3 heteroatoms. The largest absolute Gasteiger partial charge is 0.346 e. The summed E-state index contributed by atoms with van der Waals surface area (Å²) in [6.45, 7) is 5.03. The van der Waals surface area contributed by atoms with Gasteiger partial charge in [-0.25, -0.2) is 4.98 Å². The first-order valence-corrected chi connectivity index (χ1v) is 8.69. The van der Waals surface area contributed by atoms with Crippen molar-refractivity contribution in [2.75, 3.05) is 13.1 Å². The molecule has 0 radical (unpaired) electrons. The zero-order chi connectivity index (χ0) is 17.1. The van der Waals surface area contributed by atoms with Crippen LogP contribution in [0.1, 0.15) is 23.1 Å². The predicted octanol–water partition coefficient (Wildman–Crippen LogP) is 4.06. The molecule has 0 spiro atoms. The first-order valence-electron chi connectivity index (χ1n) is 8.69. The molecule has 3 aromatic rings. The number of nitrogens with zero attached hydrogens (tertiary/aromatic N) is 2. The number of aromatic nitrogens is 2. The fourth-order valence-electron chi connectivity index (χ4n) is 3.14. The summed E-state index contributed by atoms with van der Waals surface area (Å²) in [5, 5.41) is 1.22. The number of pyridine rings is 1. The lowest BCUT2D eigenvalue weighted by atomic mass is 10.1. The van der Waals surface area contributed by atoms with Crippen molar-refractivity contribution >= 4 is 11.0 Å². The number of nitrogens with one attached hydrogen (secondary N) is 1. The minimum absolute atomic E-state index is 0.945. The summed E-state index contributed by atoms with van der Waals surface area (Å²) in [5.74, 6) is 6.61. The van der Waals surface area contributed by atoms with Crippen LogP contribution >= 0.6 is 0 Å². The molecule has 25 heavy (non-hydrogen) atoms. The Bertz CT molecular complexity index is 968. The Morgan fingerprint density at radius 3 is 2.84 bits per heavy atom. The van der Waals surface area contributed by atoms with E-state index in [-0.39, 0.29) is 0 Å². The highest BCUT2D eigenvalue weighted by molar-refractivity contribution is 5.79. The first-order chi connectivity index (χ1) is 12.3. The maximum atomic E-state index is 4.36. The Morgan fingerprint density at radius 1 is 1.16 bits per heavy atom. The topological polar surface area (TPSA) is 31.9 Å². The van der Waals surface area contributed by atoms with E-state index in [1.165, 1.54) is 22.1 Å². The number of rotatable bonds is 2. The van der Waals surface area contributed by atoms with E-state index < -0.39 is 0 Å². The second kappa shape index (κ2) is 6.96. The molecular formula is C22H21N3. The number of benzene rings is 1. The zero-order valence-corrected chi connectivity index (χ0v) is 14.4.